The number of nitro benzene ring substituents is 1. The van der Waals surface area contributed by atoms with Crippen molar-refractivity contribution in [2.45, 2.75) is 13.3 Å². The van der Waals surface area contributed by atoms with Gasteiger partial charge in [0, 0.05) is 24.9 Å². The van der Waals surface area contributed by atoms with Crippen LogP contribution in [0, 0.1) is 16.0 Å². The van der Waals surface area contributed by atoms with Gasteiger partial charge >= 0.3 is 6.03 Å². The Kier molecular flexibility index (Phi) is 6.20. The van der Waals surface area contributed by atoms with E-state index in [1.807, 2.05) is 6.92 Å². The number of hydrogen-bond donors (Lipinski definition) is 3. The number of aliphatic hydroxyl groups is 1. The molecule has 20 heavy (non-hydrogen) atoms. The summed E-state index contributed by atoms with van der Waals surface area (Å²) in [4.78, 5) is 21.7. The average Bonchev–Trinajstić information content (AvgIpc) is 2.39. The van der Waals surface area contributed by atoms with Crippen molar-refractivity contribution in [3.8, 4) is 0 Å². The highest BCUT2D eigenvalue weighted by Gasteiger charge is 2.14. The smallest absolute Gasteiger partial charge is 0.319 e. The van der Waals surface area contributed by atoms with Crippen LogP contribution in [0.15, 0.2) is 18.2 Å². The summed E-state index contributed by atoms with van der Waals surface area (Å²) in [5.74, 6) is 0.144. The van der Waals surface area contributed by atoms with Crippen molar-refractivity contribution in [1.82, 2.24) is 5.32 Å². The van der Waals surface area contributed by atoms with Crippen molar-refractivity contribution in [2.75, 3.05) is 18.5 Å². The quantitative estimate of drug-likeness (QED) is 0.554. The van der Waals surface area contributed by atoms with Gasteiger partial charge in [0.2, 0.25) is 0 Å². The Labute approximate surface area is 121 Å². The Morgan fingerprint density at radius 1 is 1.55 bits per heavy atom. The molecular formula is C12H16ClN3O4. The first-order chi connectivity index (χ1) is 9.43. The van der Waals surface area contributed by atoms with Crippen LogP contribution >= 0.6 is 11.6 Å². The Morgan fingerprint density at radius 3 is 2.85 bits per heavy atom. The summed E-state index contributed by atoms with van der Waals surface area (Å²) < 4.78 is 0. The number of rotatable bonds is 6. The number of aliphatic hydroxyl groups excluding tert-OH is 1. The molecule has 8 heteroatoms. The lowest BCUT2D eigenvalue weighted by molar-refractivity contribution is -0.384. The summed E-state index contributed by atoms with van der Waals surface area (Å²) in [6, 6.07) is 3.56. The number of carbonyl (C=O) groups excluding carboxylic acids is 1. The third kappa shape index (κ3) is 5.02. The first kappa shape index (κ1) is 16.2. The predicted molar refractivity (Wildman–Crippen MR) is 76.0 cm³/mol. The van der Waals surface area contributed by atoms with E-state index < -0.39 is 11.0 Å². The van der Waals surface area contributed by atoms with Gasteiger partial charge in [-0.15, -0.1) is 0 Å². The fourth-order valence-electron chi connectivity index (χ4n) is 1.50. The molecule has 0 aliphatic rings. The topological polar surface area (TPSA) is 104 Å². The number of nitrogens with zero attached hydrogens (tertiary/aromatic N) is 1. The van der Waals surface area contributed by atoms with Gasteiger partial charge in [-0.3, -0.25) is 10.1 Å². The highest BCUT2D eigenvalue weighted by atomic mass is 35.5. The van der Waals surface area contributed by atoms with E-state index in [9.17, 15) is 14.9 Å². The van der Waals surface area contributed by atoms with Gasteiger partial charge < -0.3 is 15.7 Å². The minimum atomic E-state index is -0.616. The molecule has 0 spiro atoms. The second-order valence-corrected chi connectivity index (χ2v) is 4.78. The van der Waals surface area contributed by atoms with E-state index in [1.54, 1.807) is 0 Å². The van der Waals surface area contributed by atoms with E-state index in [2.05, 4.69) is 10.6 Å². The molecule has 2 amide bonds. The molecule has 0 radical (unpaired) electrons. The van der Waals surface area contributed by atoms with E-state index in [0.717, 1.165) is 0 Å². The van der Waals surface area contributed by atoms with Gasteiger partial charge in [-0.25, -0.2) is 4.79 Å². The van der Waals surface area contributed by atoms with Crippen molar-refractivity contribution in [3.63, 3.8) is 0 Å². The zero-order chi connectivity index (χ0) is 15.1. The van der Waals surface area contributed by atoms with Gasteiger partial charge in [0.15, 0.2) is 0 Å². The largest absolute Gasteiger partial charge is 0.396 e. The molecule has 0 aliphatic carbocycles. The number of anilines is 1. The van der Waals surface area contributed by atoms with E-state index >= 15 is 0 Å². The van der Waals surface area contributed by atoms with Crippen molar-refractivity contribution >= 4 is 29.0 Å². The van der Waals surface area contributed by atoms with Crippen LogP contribution < -0.4 is 10.6 Å². The number of halogens is 1. The van der Waals surface area contributed by atoms with Crippen LogP contribution in [0.1, 0.15) is 13.3 Å². The maximum atomic E-state index is 11.6. The van der Waals surface area contributed by atoms with Crippen LogP contribution in [0.25, 0.3) is 0 Å². The van der Waals surface area contributed by atoms with Crippen molar-refractivity contribution < 1.29 is 14.8 Å². The number of nitro groups is 1. The maximum Gasteiger partial charge on any atom is 0.319 e. The summed E-state index contributed by atoms with van der Waals surface area (Å²) in [5.41, 5.74) is 0.0199. The molecule has 0 saturated carbocycles. The Bertz CT molecular complexity index is 496. The van der Waals surface area contributed by atoms with Crippen molar-refractivity contribution in [2.24, 2.45) is 5.92 Å². The third-order valence-electron chi connectivity index (χ3n) is 2.63. The molecule has 0 fully saturated rings. The van der Waals surface area contributed by atoms with Gasteiger partial charge in [0.25, 0.3) is 5.69 Å². The molecule has 0 aliphatic heterocycles. The molecule has 0 saturated heterocycles. The molecule has 7 nitrogen and oxygen atoms in total. The lowest BCUT2D eigenvalue weighted by Crippen LogP contribution is -2.32. The lowest BCUT2D eigenvalue weighted by Gasteiger charge is -2.12. The number of benzene rings is 1. The van der Waals surface area contributed by atoms with Gasteiger partial charge in [0.1, 0.15) is 5.02 Å². The van der Waals surface area contributed by atoms with Crippen LogP contribution in [0.2, 0.25) is 5.02 Å². The summed E-state index contributed by atoms with van der Waals surface area (Å²) in [6.07, 6.45) is 0.590. The van der Waals surface area contributed by atoms with Gasteiger partial charge in [0.05, 0.1) is 4.92 Å². The van der Waals surface area contributed by atoms with E-state index in [4.69, 9.17) is 16.7 Å². The van der Waals surface area contributed by atoms with Gasteiger partial charge in [-0.1, -0.05) is 18.5 Å². The van der Waals surface area contributed by atoms with Gasteiger partial charge in [-0.2, -0.15) is 0 Å². The molecule has 110 valence electrons. The molecular weight excluding hydrogens is 286 g/mol. The molecule has 0 bridgehead atoms. The minimum Gasteiger partial charge on any atom is -0.396 e. The second kappa shape index (κ2) is 7.66. The number of urea groups is 1. The van der Waals surface area contributed by atoms with Crippen LogP contribution in [-0.4, -0.2) is 29.2 Å². The second-order valence-electron chi connectivity index (χ2n) is 4.38. The summed E-state index contributed by atoms with van der Waals surface area (Å²) in [7, 11) is 0. The molecule has 1 aromatic rings. The predicted octanol–water partition coefficient (Wildman–Crippen LogP) is 2.39. The zero-order valence-electron chi connectivity index (χ0n) is 10.9. The number of nitrogens with one attached hydrogen (secondary N) is 2. The maximum absolute atomic E-state index is 11.6. The molecule has 3 N–H and O–H groups in total. The van der Waals surface area contributed by atoms with Crippen LogP contribution in [-0.2, 0) is 0 Å². The molecule has 0 aromatic heterocycles. The standard InChI is InChI=1S/C12H16ClN3O4/c1-8(4-5-17)7-14-12(18)15-9-2-3-10(13)11(6-9)16(19)20/h2-3,6,8,17H,4-5,7H2,1H3,(H2,14,15,18). The summed E-state index contributed by atoms with van der Waals surface area (Å²) in [6.45, 7) is 2.36. The number of amides is 2. The Hall–Kier alpha value is -1.86. The zero-order valence-corrected chi connectivity index (χ0v) is 11.7. The summed E-state index contributed by atoms with van der Waals surface area (Å²) >= 11 is 5.67. The lowest BCUT2D eigenvalue weighted by atomic mass is 10.1. The Morgan fingerprint density at radius 2 is 2.25 bits per heavy atom. The van der Waals surface area contributed by atoms with E-state index in [-0.39, 0.29) is 28.9 Å². The van der Waals surface area contributed by atoms with E-state index in [1.165, 1.54) is 18.2 Å². The van der Waals surface area contributed by atoms with Crippen molar-refractivity contribution in [3.05, 3.63) is 33.3 Å². The molecule has 0 heterocycles. The fourth-order valence-corrected chi connectivity index (χ4v) is 1.68. The van der Waals surface area contributed by atoms with Crippen LogP contribution in [0.4, 0.5) is 16.2 Å². The molecule has 1 atom stereocenters. The molecule has 1 unspecified atom stereocenters. The van der Waals surface area contributed by atoms with Crippen LogP contribution in [0.3, 0.4) is 0 Å². The van der Waals surface area contributed by atoms with Gasteiger partial charge in [-0.05, 0) is 24.5 Å². The molecule has 1 aromatic carbocycles. The minimum absolute atomic E-state index is 0.0116. The first-order valence-corrected chi connectivity index (χ1v) is 6.41. The number of carbonyl (C=O) groups is 1. The number of hydrogen-bond acceptors (Lipinski definition) is 4. The van der Waals surface area contributed by atoms with Crippen molar-refractivity contribution in [1.29, 1.82) is 0 Å². The fraction of sp³-hybridized carbons (Fsp3) is 0.417. The normalized spacial score (nSPS) is 11.8. The summed E-state index contributed by atoms with van der Waals surface area (Å²) in [5, 5.41) is 24.6. The monoisotopic (exact) mass is 301 g/mol. The highest BCUT2D eigenvalue weighted by Crippen LogP contribution is 2.27. The highest BCUT2D eigenvalue weighted by molar-refractivity contribution is 6.32. The average molecular weight is 302 g/mol. The van der Waals surface area contributed by atoms with E-state index in [0.29, 0.717) is 13.0 Å². The molecule has 1 rings (SSSR count). The van der Waals surface area contributed by atoms with Crippen LogP contribution in [0.5, 0.6) is 0 Å². The Balaban J connectivity index is 2.58. The third-order valence-corrected chi connectivity index (χ3v) is 2.95. The SMILES string of the molecule is CC(CCO)CNC(=O)Nc1ccc(Cl)c([N+](=O)[O-])c1. The first-order valence-electron chi connectivity index (χ1n) is 6.03.